The van der Waals surface area contributed by atoms with Crippen LogP contribution in [0.1, 0.15) is 31.2 Å². The third-order valence-corrected chi connectivity index (χ3v) is 5.29. The second kappa shape index (κ2) is 6.31. The predicted molar refractivity (Wildman–Crippen MR) is 84.2 cm³/mol. The number of hydrogen-bond donors (Lipinski definition) is 0. The van der Waals surface area contributed by atoms with Gasteiger partial charge in [0.15, 0.2) is 0 Å². The molecule has 1 fully saturated rings. The van der Waals surface area contributed by atoms with Crippen LogP contribution >= 0.6 is 24.0 Å². The number of nitrogens with zero attached hydrogens (tertiary/aromatic N) is 2. The van der Waals surface area contributed by atoms with Crippen LogP contribution in [0.3, 0.4) is 0 Å². The zero-order valence-corrected chi connectivity index (χ0v) is 12.6. The van der Waals surface area contributed by atoms with Crippen LogP contribution in [0.25, 0.3) is 0 Å². The van der Waals surface area contributed by atoms with E-state index < -0.39 is 0 Å². The summed E-state index contributed by atoms with van der Waals surface area (Å²) in [4.78, 5) is 4.24. The number of pyridine rings is 1. The van der Waals surface area contributed by atoms with Gasteiger partial charge in [-0.05, 0) is 42.7 Å². The zero-order valence-electron chi connectivity index (χ0n) is 10.9. The number of thioether (sulfide) groups is 1. The Morgan fingerprint density at radius 2 is 2.42 bits per heavy atom. The van der Waals surface area contributed by atoms with Gasteiger partial charge < -0.3 is 0 Å². The van der Waals surface area contributed by atoms with Crippen molar-refractivity contribution in [3.63, 3.8) is 0 Å². The van der Waals surface area contributed by atoms with Crippen LogP contribution < -0.4 is 0 Å². The summed E-state index contributed by atoms with van der Waals surface area (Å²) in [6.45, 7) is 0. The topological polar surface area (TPSA) is 36.7 Å². The molecule has 0 bridgehead atoms. The molecule has 0 saturated heterocycles. The van der Waals surface area contributed by atoms with Gasteiger partial charge in [0.1, 0.15) is 0 Å². The van der Waals surface area contributed by atoms with Gasteiger partial charge in [-0.25, -0.2) is 0 Å². The fourth-order valence-corrected chi connectivity index (χ4v) is 3.87. The number of aromatic nitrogens is 1. The van der Waals surface area contributed by atoms with E-state index in [0.29, 0.717) is 0 Å². The second-order valence-electron chi connectivity index (χ2n) is 4.64. The molecular formula is C15H16N2S2. The van der Waals surface area contributed by atoms with Crippen LogP contribution in [-0.2, 0) is 5.41 Å². The molecule has 0 N–H and O–H groups in total. The Balaban J connectivity index is 2.60. The summed E-state index contributed by atoms with van der Waals surface area (Å²) >= 11 is 7.25. The van der Waals surface area contributed by atoms with E-state index >= 15 is 0 Å². The largest absolute Gasteiger partial charge is 0.264 e. The Hall–Kier alpha value is -1.18. The Kier molecular flexibility index (Phi) is 4.73. The number of thiocarbonyl (C=S) groups is 1. The first-order valence-corrected chi connectivity index (χ1v) is 7.97. The van der Waals surface area contributed by atoms with Crippen LogP contribution in [0.15, 0.2) is 36.2 Å². The molecule has 0 aromatic carbocycles. The number of allylic oxidation sites excluding steroid dienone is 2. The SMILES string of the molecule is CSC(=S)C1(c2cccnc2)CCCC/C1=C\C#N. The molecule has 19 heavy (non-hydrogen) atoms. The first kappa shape index (κ1) is 14.2. The molecule has 98 valence electrons. The van der Waals surface area contributed by atoms with Gasteiger partial charge in [-0.1, -0.05) is 24.7 Å². The first-order chi connectivity index (χ1) is 9.25. The lowest BCUT2D eigenvalue weighted by Crippen LogP contribution is -2.37. The molecule has 1 heterocycles. The minimum Gasteiger partial charge on any atom is -0.264 e. The van der Waals surface area contributed by atoms with Crippen molar-refractivity contribution in [3.8, 4) is 6.07 Å². The lowest BCUT2D eigenvalue weighted by Gasteiger charge is -2.39. The third-order valence-electron chi connectivity index (χ3n) is 3.72. The maximum Gasteiger partial charge on any atom is 0.0912 e. The van der Waals surface area contributed by atoms with Crippen LogP contribution in [-0.4, -0.2) is 15.4 Å². The summed E-state index contributed by atoms with van der Waals surface area (Å²) in [5.41, 5.74) is 1.99. The standard InChI is InChI=1S/C15H16N2S2/c1-19-14(18)15(13-6-4-10-17-11-13)8-3-2-5-12(15)7-9-16/h4,6-7,10-11H,2-3,5,8H2,1H3/b12-7+. The molecule has 0 radical (unpaired) electrons. The van der Waals surface area contributed by atoms with E-state index in [0.717, 1.165) is 41.0 Å². The smallest absolute Gasteiger partial charge is 0.0912 e. The van der Waals surface area contributed by atoms with Crippen molar-refractivity contribution in [3.05, 3.63) is 41.7 Å². The molecule has 1 aromatic rings. The average Bonchev–Trinajstić information content (AvgIpc) is 2.48. The maximum absolute atomic E-state index is 9.06. The van der Waals surface area contributed by atoms with E-state index in [1.54, 1.807) is 24.0 Å². The van der Waals surface area contributed by atoms with Gasteiger partial charge in [0.05, 0.1) is 15.7 Å². The summed E-state index contributed by atoms with van der Waals surface area (Å²) in [7, 11) is 0. The molecule has 1 aliphatic carbocycles. The summed E-state index contributed by atoms with van der Waals surface area (Å²) < 4.78 is 0.946. The Morgan fingerprint density at radius 1 is 1.58 bits per heavy atom. The van der Waals surface area contributed by atoms with Crippen LogP contribution in [0.2, 0.25) is 0 Å². The highest BCUT2D eigenvalue weighted by molar-refractivity contribution is 8.22. The van der Waals surface area contributed by atoms with Crippen LogP contribution in [0, 0.1) is 11.3 Å². The van der Waals surface area contributed by atoms with Gasteiger partial charge in [0.25, 0.3) is 0 Å². The molecule has 0 aliphatic heterocycles. The molecule has 1 unspecified atom stereocenters. The van der Waals surface area contributed by atoms with E-state index in [4.69, 9.17) is 17.5 Å². The van der Waals surface area contributed by atoms with E-state index in [9.17, 15) is 0 Å². The number of rotatable bonds is 2. The van der Waals surface area contributed by atoms with Crippen molar-refractivity contribution in [2.45, 2.75) is 31.1 Å². The van der Waals surface area contributed by atoms with Crippen molar-refractivity contribution >= 4 is 28.2 Å². The highest BCUT2D eigenvalue weighted by atomic mass is 32.2. The fourth-order valence-electron chi connectivity index (χ4n) is 2.82. The van der Waals surface area contributed by atoms with E-state index in [1.165, 1.54) is 0 Å². The van der Waals surface area contributed by atoms with Crippen molar-refractivity contribution in [1.29, 1.82) is 5.26 Å². The number of hydrogen-bond acceptors (Lipinski definition) is 4. The van der Waals surface area contributed by atoms with E-state index in [-0.39, 0.29) is 5.41 Å². The minimum atomic E-state index is -0.281. The Bertz CT molecular complexity index is 531. The normalized spacial score (nSPS) is 24.9. The second-order valence-corrected chi connectivity index (χ2v) is 6.13. The van der Waals surface area contributed by atoms with Crippen LogP contribution in [0.4, 0.5) is 0 Å². The molecule has 1 atom stereocenters. The molecule has 1 aliphatic rings. The predicted octanol–water partition coefficient (Wildman–Crippen LogP) is 4.03. The monoisotopic (exact) mass is 288 g/mol. The third kappa shape index (κ3) is 2.58. The molecule has 2 rings (SSSR count). The van der Waals surface area contributed by atoms with Gasteiger partial charge in [0, 0.05) is 18.5 Å². The number of nitriles is 1. The van der Waals surface area contributed by atoms with E-state index in [2.05, 4.69) is 17.1 Å². The highest BCUT2D eigenvalue weighted by Gasteiger charge is 2.41. The minimum absolute atomic E-state index is 0.281. The molecule has 4 heteroatoms. The summed E-state index contributed by atoms with van der Waals surface area (Å²) in [6.07, 6.45) is 11.6. The molecule has 1 saturated carbocycles. The molecule has 0 spiro atoms. The summed E-state index contributed by atoms with van der Waals surface area (Å²) in [5.74, 6) is 0. The van der Waals surface area contributed by atoms with Crippen molar-refractivity contribution < 1.29 is 0 Å². The average molecular weight is 288 g/mol. The Labute approximate surface area is 123 Å². The maximum atomic E-state index is 9.06. The first-order valence-electron chi connectivity index (χ1n) is 6.33. The molecule has 1 aromatic heterocycles. The lowest BCUT2D eigenvalue weighted by molar-refractivity contribution is 0.485. The molecular weight excluding hydrogens is 272 g/mol. The van der Waals surface area contributed by atoms with Gasteiger partial charge in [-0.15, -0.1) is 11.8 Å². The summed E-state index contributed by atoms with van der Waals surface area (Å²) in [6, 6.07) is 6.21. The zero-order chi connectivity index (χ0) is 13.7. The molecule has 2 nitrogen and oxygen atoms in total. The highest BCUT2D eigenvalue weighted by Crippen LogP contribution is 2.46. The van der Waals surface area contributed by atoms with Crippen molar-refractivity contribution in [2.24, 2.45) is 0 Å². The van der Waals surface area contributed by atoms with Gasteiger partial charge >= 0.3 is 0 Å². The van der Waals surface area contributed by atoms with Gasteiger partial charge in [0.2, 0.25) is 0 Å². The van der Waals surface area contributed by atoms with E-state index in [1.807, 2.05) is 18.5 Å². The quantitative estimate of drug-likeness (QED) is 0.608. The van der Waals surface area contributed by atoms with Gasteiger partial charge in [-0.2, -0.15) is 5.26 Å². The molecule has 0 amide bonds. The van der Waals surface area contributed by atoms with Crippen molar-refractivity contribution in [1.82, 2.24) is 4.98 Å². The van der Waals surface area contributed by atoms with Gasteiger partial charge in [-0.3, -0.25) is 4.98 Å². The lowest BCUT2D eigenvalue weighted by atomic mass is 9.67. The Morgan fingerprint density at radius 3 is 3.05 bits per heavy atom. The van der Waals surface area contributed by atoms with Crippen molar-refractivity contribution in [2.75, 3.05) is 6.26 Å². The summed E-state index contributed by atoms with van der Waals surface area (Å²) in [5, 5.41) is 9.06. The van der Waals surface area contributed by atoms with Crippen LogP contribution in [0.5, 0.6) is 0 Å². The fraction of sp³-hybridized carbons (Fsp3) is 0.400.